The van der Waals surface area contributed by atoms with Gasteiger partial charge in [0.25, 0.3) is 0 Å². The van der Waals surface area contributed by atoms with Gasteiger partial charge in [0.1, 0.15) is 5.82 Å². The number of aromatic carboxylic acids is 1. The predicted octanol–water partition coefficient (Wildman–Crippen LogP) is 4.66. The standard InChI is InChI=1S/C22H19FN4O2.C2H6O/c23-16-3-7-18(8-4-16)26-9-10-27(17-5-1-14(2-6-17)22(28)29)21-12-19(25)15(13-24)11-20(21)26;1-3-2/h1-8,11-13,24H,9-10,25H2,(H,28,29);1-2H3. The fourth-order valence-electron chi connectivity index (χ4n) is 3.55. The van der Waals surface area contributed by atoms with Crippen molar-refractivity contribution < 1.29 is 19.0 Å². The summed E-state index contributed by atoms with van der Waals surface area (Å²) < 4.78 is 17.6. The Bertz CT molecular complexity index is 1100. The molecule has 8 heteroatoms. The summed E-state index contributed by atoms with van der Waals surface area (Å²) in [5.74, 6) is -1.28. The Kier molecular flexibility index (Phi) is 7.07. The lowest BCUT2D eigenvalue weighted by molar-refractivity contribution is 0.0697. The molecule has 166 valence electrons. The normalized spacial score (nSPS) is 12.5. The van der Waals surface area contributed by atoms with Crippen molar-refractivity contribution in [3.63, 3.8) is 0 Å². The molecule has 0 atom stereocenters. The largest absolute Gasteiger partial charge is 0.478 e. The Balaban J connectivity index is 0.000000913. The molecule has 4 rings (SSSR count). The summed E-state index contributed by atoms with van der Waals surface area (Å²) in [6.07, 6.45) is 1.21. The van der Waals surface area contributed by atoms with Crippen LogP contribution in [-0.2, 0) is 4.74 Å². The number of methoxy groups -OCH3 is 1. The van der Waals surface area contributed by atoms with Gasteiger partial charge in [-0.2, -0.15) is 0 Å². The van der Waals surface area contributed by atoms with E-state index in [9.17, 15) is 9.18 Å². The van der Waals surface area contributed by atoms with Gasteiger partial charge in [-0.3, -0.25) is 0 Å². The van der Waals surface area contributed by atoms with Crippen molar-refractivity contribution in [2.75, 3.05) is 42.8 Å². The van der Waals surface area contributed by atoms with Crippen molar-refractivity contribution in [2.24, 2.45) is 0 Å². The molecule has 0 saturated carbocycles. The van der Waals surface area contributed by atoms with Gasteiger partial charge in [-0.05, 0) is 60.7 Å². The highest BCUT2D eigenvalue weighted by Gasteiger charge is 2.26. The number of nitrogens with zero attached hydrogens (tertiary/aromatic N) is 2. The highest BCUT2D eigenvalue weighted by Crippen LogP contribution is 2.43. The van der Waals surface area contributed by atoms with Crippen LogP contribution < -0.4 is 15.5 Å². The van der Waals surface area contributed by atoms with E-state index in [-0.39, 0.29) is 11.4 Å². The summed E-state index contributed by atoms with van der Waals surface area (Å²) in [5, 5.41) is 16.8. The average Bonchev–Trinajstić information content (AvgIpc) is 2.79. The van der Waals surface area contributed by atoms with E-state index < -0.39 is 5.97 Å². The number of ether oxygens (including phenoxy) is 1. The number of carboxylic acid groups (broad SMARTS) is 1. The van der Waals surface area contributed by atoms with Gasteiger partial charge in [-0.1, -0.05) is 0 Å². The molecule has 0 saturated heterocycles. The molecule has 0 bridgehead atoms. The maximum Gasteiger partial charge on any atom is 0.335 e. The van der Waals surface area contributed by atoms with E-state index in [1.807, 2.05) is 12.1 Å². The number of nitrogens with one attached hydrogen (secondary N) is 1. The van der Waals surface area contributed by atoms with Gasteiger partial charge in [0, 0.05) is 56.1 Å². The number of hydrogen-bond acceptors (Lipinski definition) is 6. The van der Waals surface area contributed by atoms with Crippen LogP contribution in [0, 0.1) is 11.2 Å². The minimum absolute atomic E-state index is 0.220. The number of hydrogen-bond donors (Lipinski definition) is 3. The topological polar surface area (TPSA) is 103 Å². The number of halogens is 1. The van der Waals surface area contributed by atoms with E-state index in [2.05, 4.69) is 14.5 Å². The second-order valence-corrected chi connectivity index (χ2v) is 7.15. The minimum atomic E-state index is -0.974. The molecule has 0 unspecified atom stereocenters. The molecule has 3 aromatic carbocycles. The van der Waals surface area contributed by atoms with Crippen LogP contribution in [0.15, 0.2) is 60.7 Å². The van der Waals surface area contributed by atoms with Crippen molar-refractivity contribution >= 4 is 40.6 Å². The van der Waals surface area contributed by atoms with Crippen molar-refractivity contribution in [1.82, 2.24) is 0 Å². The predicted molar refractivity (Wildman–Crippen MR) is 125 cm³/mol. The molecular formula is C24H25FN4O3. The number of anilines is 5. The van der Waals surface area contributed by atoms with Crippen LogP contribution in [-0.4, -0.2) is 44.6 Å². The second kappa shape index (κ2) is 9.93. The number of carbonyl (C=O) groups is 1. The zero-order valence-corrected chi connectivity index (χ0v) is 17.9. The third kappa shape index (κ3) is 4.70. The van der Waals surface area contributed by atoms with E-state index in [0.717, 1.165) is 22.7 Å². The molecular weight excluding hydrogens is 411 g/mol. The molecule has 0 radical (unpaired) electrons. The SMILES string of the molecule is COC.N=Cc1cc2c(cc1N)N(c1ccc(C(=O)O)cc1)CCN2c1ccc(F)cc1. The first-order valence-electron chi connectivity index (χ1n) is 9.87. The van der Waals surface area contributed by atoms with Crippen molar-refractivity contribution in [1.29, 1.82) is 5.41 Å². The Morgan fingerprint density at radius 2 is 1.47 bits per heavy atom. The molecule has 0 aliphatic carbocycles. The molecule has 0 fully saturated rings. The first kappa shape index (κ1) is 22.8. The molecule has 1 aliphatic heterocycles. The molecule has 4 N–H and O–H groups in total. The number of rotatable bonds is 4. The molecule has 0 amide bonds. The van der Waals surface area contributed by atoms with Crippen LogP contribution >= 0.6 is 0 Å². The molecule has 0 aromatic heterocycles. The first-order chi connectivity index (χ1) is 15.4. The van der Waals surface area contributed by atoms with Crippen LogP contribution in [0.1, 0.15) is 15.9 Å². The first-order valence-corrected chi connectivity index (χ1v) is 9.87. The number of fused-ring (bicyclic) bond motifs is 1. The van der Waals surface area contributed by atoms with Gasteiger partial charge in [-0.15, -0.1) is 0 Å². The summed E-state index contributed by atoms with van der Waals surface area (Å²) >= 11 is 0. The van der Waals surface area contributed by atoms with E-state index in [0.29, 0.717) is 24.3 Å². The molecule has 3 aromatic rings. The average molecular weight is 436 g/mol. The summed E-state index contributed by atoms with van der Waals surface area (Å²) in [4.78, 5) is 15.3. The number of nitrogen functional groups attached to an aromatic ring is 1. The fourth-order valence-corrected chi connectivity index (χ4v) is 3.55. The van der Waals surface area contributed by atoms with E-state index in [1.54, 1.807) is 50.6 Å². The molecule has 32 heavy (non-hydrogen) atoms. The molecule has 7 nitrogen and oxygen atoms in total. The third-order valence-electron chi connectivity index (χ3n) is 5.03. The monoisotopic (exact) mass is 436 g/mol. The van der Waals surface area contributed by atoms with Gasteiger partial charge in [-0.25, -0.2) is 9.18 Å². The van der Waals surface area contributed by atoms with Crippen LogP contribution in [0.25, 0.3) is 0 Å². The molecule has 1 heterocycles. The van der Waals surface area contributed by atoms with Gasteiger partial charge in [0.2, 0.25) is 0 Å². The van der Waals surface area contributed by atoms with Crippen LogP contribution in [0.2, 0.25) is 0 Å². The zero-order chi connectivity index (χ0) is 23.3. The Labute approximate surface area is 186 Å². The lowest BCUT2D eigenvalue weighted by atomic mass is 10.0. The second-order valence-electron chi connectivity index (χ2n) is 7.15. The van der Waals surface area contributed by atoms with E-state index >= 15 is 0 Å². The van der Waals surface area contributed by atoms with Gasteiger partial charge < -0.3 is 30.8 Å². The van der Waals surface area contributed by atoms with Crippen LogP contribution in [0.4, 0.5) is 32.8 Å². The smallest absolute Gasteiger partial charge is 0.335 e. The highest BCUT2D eigenvalue weighted by molar-refractivity contribution is 5.95. The third-order valence-corrected chi connectivity index (χ3v) is 5.03. The summed E-state index contributed by atoms with van der Waals surface area (Å²) in [7, 11) is 3.25. The van der Waals surface area contributed by atoms with Gasteiger partial charge >= 0.3 is 5.97 Å². The molecule has 1 aliphatic rings. The Hall–Kier alpha value is -3.91. The maximum atomic E-state index is 13.4. The Morgan fingerprint density at radius 1 is 1.00 bits per heavy atom. The van der Waals surface area contributed by atoms with Crippen molar-refractivity contribution in [2.45, 2.75) is 0 Å². The van der Waals surface area contributed by atoms with Gasteiger partial charge in [0.05, 0.1) is 16.9 Å². The van der Waals surface area contributed by atoms with Crippen molar-refractivity contribution in [3.8, 4) is 0 Å². The van der Waals surface area contributed by atoms with E-state index in [1.165, 1.54) is 18.3 Å². The lowest BCUT2D eigenvalue weighted by Crippen LogP contribution is -2.36. The summed E-state index contributed by atoms with van der Waals surface area (Å²) in [5.41, 5.74) is 10.8. The number of benzene rings is 3. The fraction of sp³-hybridized carbons (Fsp3) is 0.167. The maximum absolute atomic E-state index is 13.4. The number of carboxylic acids is 1. The zero-order valence-electron chi connectivity index (χ0n) is 17.9. The van der Waals surface area contributed by atoms with Crippen LogP contribution in [0.5, 0.6) is 0 Å². The lowest BCUT2D eigenvalue weighted by Gasteiger charge is -2.39. The van der Waals surface area contributed by atoms with E-state index in [4.69, 9.17) is 16.2 Å². The summed E-state index contributed by atoms with van der Waals surface area (Å²) in [6.45, 7) is 1.25. The van der Waals surface area contributed by atoms with Crippen molar-refractivity contribution in [3.05, 3.63) is 77.6 Å². The molecule has 0 spiro atoms. The van der Waals surface area contributed by atoms with Crippen LogP contribution in [0.3, 0.4) is 0 Å². The quantitative estimate of drug-likeness (QED) is 0.406. The summed E-state index contributed by atoms with van der Waals surface area (Å²) in [6, 6.07) is 16.6. The Morgan fingerprint density at radius 3 is 1.94 bits per heavy atom. The highest BCUT2D eigenvalue weighted by atomic mass is 19.1. The number of nitrogens with two attached hydrogens (primary N) is 1. The van der Waals surface area contributed by atoms with Gasteiger partial charge in [0.15, 0.2) is 0 Å². The minimum Gasteiger partial charge on any atom is -0.478 e.